The predicted octanol–water partition coefficient (Wildman–Crippen LogP) is 3.85. The second-order valence-corrected chi connectivity index (χ2v) is 5.01. The first-order chi connectivity index (χ1) is 9.15. The van der Waals surface area contributed by atoms with Gasteiger partial charge < -0.3 is 4.74 Å². The van der Waals surface area contributed by atoms with E-state index in [1.54, 1.807) is 19.1 Å². The molecular formula is C14H12N2O2S. The van der Waals surface area contributed by atoms with Crippen molar-refractivity contribution in [2.75, 3.05) is 6.61 Å². The molecule has 0 saturated heterocycles. The molecule has 2 aromatic rings. The predicted molar refractivity (Wildman–Crippen MR) is 74.5 cm³/mol. The van der Waals surface area contributed by atoms with Crippen LogP contribution in [0.4, 0.5) is 5.69 Å². The molecule has 5 heteroatoms. The van der Waals surface area contributed by atoms with Crippen LogP contribution < -0.4 is 0 Å². The molecule has 0 aliphatic rings. The molecule has 0 radical (unpaired) electrons. The Balaban J connectivity index is 2.34. The number of ether oxygens (including phenoxy) is 1. The van der Waals surface area contributed by atoms with Crippen molar-refractivity contribution in [3.63, 3.8) is 0 Å². The van der Waals surface area contributed by atoms with Crippen molar-refractivity contribution in [1.29, 1.82) is 0 Å². The van der Waals surface area contributed by atoms with Gasteiger partial charge in [-0.3, -0.25) is 0 Å². The van der Waals surface area contributed by atoms with Gasteiger partial charge in [0.15, 0.2) is 5.69 Å². The molecule has 0 spiro atoms. The highest BCUT2D eigenvalue weighted by molar-refractivity contribution is 7.13. The van der Waals surface area contributed by atoms with E-state index in [-0.39, 0.29) is 5.97 Å². The van der Waals surface area contributed by atoms with Gasteiger partial charge in [-0.2, -0.15) is 0 Å². The zero-order chi connectivity index (χ0) is 13.8. The zero-order valence-corrected chi connectivity index (χ0v) is 11.5. The normalized spacial score (nSPS) is 9.95. The average Bonchev–Trinajstić information content (AvgIpc) is 2.81. The number of aryl methyl sites for hydroxylation is 1. The Morgan fingerprint density at radius 1 is 1.42 bits per heavy atom. The van der Waals surface area contributed by atoms with E-state index in [4.69, 9.17) is 11.3 Å². The number of carbonyl (C=O) groups excluding carboxylic acids is 1. The first-order valence-corrected chi connectivity index (χ1v) is 6.59. The lowest BCUT2D eigenvalue weighted by molar-refractivity contribution is 0.0526. The quantitative estimate of drug-likeness (QED) is 0.629. The molecule has 1 aromatic carbocycles. The molecule has 1 aromatic heterocycles. The van der Waals surface area contributed by atoms with Gasteiger partial charge in [0, 0.05) is 4.88 Å². The van der Waals surface area contributed by atoms with Crippen LogP contribution in [0, 0.1) is 13.5 Å². The van der Waals surface area contributed by atoms with E-state index in [2.05, 4.69) is 9.83 Å². The van der Waals surface area contributed by atoms with Gasteiger partial charge in [0.2, 0.25) is 5.01 Å². The highest BCUT2D eigenvalue weighted by atomic mass is 32.1. The summed E-state index contributed by atoms with van der Waals surface area (Å²) in [6.07, 6.45) is 0. The highest BCUT2D eigenvalue weighted by Gasteiger charge is 2.16. The lowest BCUT2D eigenvalue weighted by Crippen LogP contribution is -2.03. The second-order valence-electron chi connectivity index (χ2n) is 3.80. The van der Waals surface area contributed by atoms with Crippen LogP contribution in [-0.4, -0.2) is 17.6 Å². The van der Waals surface area contributed by atoms with Gasteiger partial charge in [0.25, 0.3) is 0 Å². The minimum absolute atomic E-state index is 0.340. The van der Waals surface area contributed by atoms with E-state index < -0.39 is 0 Å². The van der Waals surface area contributed by atoms with Crippen LogP contribution in [0.5, 0.6) is 0 Å². The summed E-state index contributed by atoms with van der Waals surface area (Å²) in [6.45, 7) is 10.9. The maximum atomic E-state index is 11.6. The van der Waals surface area contributed by atoms with Crippen LogP contribution in [0.15, 0.2) is 24.3 Å². The first kappa shape index (κ1) is 13.2. The molecule has 0 atom stereocenters. The molecule has 2 rings (SSSR count). The van der Waals surface area contributed by atoms with E-state index in [1.807, 2.05) is 19.1 Å². The molecule has 0 fully saturated rings. The van der Waals surface area contributed by atoms with E-state index in [0.717, 1.165) is 16.1 Å². The number of nitrogens with zero attached hydrogens (tertiary/aromatic N) is 2. The number of hydrogen-bond acceptors (Lipinski definition) is 4. The summed E-state index contributed by atoms with van der Waals surface area (Å²) in [5, 5.41) is 0.364. The maximum absolute atomic E-state index is 11.6. The van der Waals surface area contributed by atoms with E-state index in [9.17, 15) is 4.79 Å². The fourth-order valence-corrected chi connectivity index (χ4v) is 2.47. The summed E-state index contributed by atoms with van der Waals surface area (Å²) in [4.78, 5) is 20.2. The smallest absolute Gasteiger partial charge is 0.367 e. The van der Waals surface area contributed by atoms with Crippen LogP contribution in [0.3, 0.4) is 0 Å². The van der Waals surface area contributed by atoms with Gasteiger partial charge in [0.05, 0.1) is 18.9 Å². The van der Waals surface area contributed by atoms with Crippen LogP contribution in [0.25, 0.3) is 16.1 Å². The Morgan fingerprint density at radius 3 is 2.68 bits per heavy atom. The average molecular weight is 272 g/mol. The van der Waals surface area contributed by atoms with Gasteiger partial charge in [-0.1, -0.05) is 24.3 Å². The van der Waals surface area contributed by atoms with E-state index in [1.165, 1.54) is 11.3 Å². The third-order valence-corrected chi connectivity index (χ3v) is 3.47. The van der Waals surface area contributed by atoms with E-state index >= 15 is 0 Å². The van der Waals surface area contributed by atoms with E-state index in [0.29, 0.717) is 17.3 Å². The van der Waals surface area contributed by atoms with Gasteiger partial charge in [-0.15, -0.1) is 11.3 Å². The molecule has 0 amide bonds. The summed E-state index contributed by atoms with van der Waals surface area (Å²) in [5.41, 5.74) is 2.25. The topological polar surface area (TPSA) is 43.5 Å². The molecular weight excluding hydrogens is 260 g/mol. The molecule has 1 heterocycles. The lowest BCUT2D eigenvalue weighted by Gasteiger charge is -1.98. The third kappa shape index (κ3) is 2.80. The number of rotatable bonds is 3. The fraction of sp³-hybridized carbons (Fsp3) is 0.214. The number of esters is 1. The number of carbonyl (C=O) groups is 1. The Bertz CT molecular complexity index is 638. The van der Waals surface area contributed by atoms with Gasteiger partial charge in [0.1, 0.15) is 0 Å². The fourth-order valence-electron chi connectivity index (χ4n) is 1.64. The highest BCUT2D eigenvalue weighted by Crippen LogP contribution is 2.29. The summed E-state index contributed by atoms with van der Waals surface area (Å²) < 4.78 is 4.94. The second kappa shape index (κ2) is 5.63. The monoisotopic (exact) mass is 272 g/mol. The van der Waals surface area contributed by atoms with Crippen molar-refractivity contribution < 1.29 is 9.53 Å². The summed E-state index contributed by atoms with van der Waals surface area (Å²) >= 11 is 1.32. The summed E-state index contributed by atoms with van der Waals surface area (Å²) in [6, 6.07) is 7.16. The largest absolute Gasteiger partial charge is 0.461 e. The van der Waals surface area contributed by atoms with Crippen molar-refractivity contribution in [3.8, 4) is 11.3 Å². The van der Waals surface area contributed by atoms with Crippen LogP contribution in [0.2, 0.25) is 0 Å². The Labute approximate surface area is 115 Å². The minimum atomic E-state index is -0.389. The Kier molecular flexibility index (Phi) is 3.93. The molecule has 0 bridgehead atoms. The SMILES string of the molecule is [C-]#[N+]c1ccc(-c2nc(C(=O)OCC)sc2C)cc1. The number of benzene rings is 1. The van der Waals surface area contributed by atoms with Crippen molar-refractivity contribution in [3.05, 3.63) is 45.6 Å². The molecule has 96 valence electrons. The Morgan fingerprint density at radius 2 is 2.11 bits per heavy atom. The molecule has 0 unspecified atom stereocenters. The van der Waals surface area contributed by atoms with Crippen molar-refractivity contribution >= 4 is 23.0 Å². The molecule has 0 aliphatic heterocycles. The van der Waals surface area contributed by atoms with Crippen LogP contribution in [0.1, 0.15) is 21.6 Å². The summed E-state index contributed by atoms with van der Waals surface area (Å²) in [7, 11) is 0. The zero-order valence-electron chi connectivity index (χ0n) is 10.6. The van der Waals surface area contributed by atoms with Crippen molar-refractivity contribution in [1.82, 2.24) is 4.98 Å². The number of hydrogen-bond donors (Lipinski definition) is 0. The molecule has 0 aliphatic carbocycles. The molecule has 0 saturated carbocycles. The minimum Gasteiger partial charge on any atom is -0.461 e. The maximum Gasteiger partial charge on any atom is 0.367 e. The lowest BCUT2D eigenvalue weighted by atomic mass is 10.1. The third-order valence-electron chi connectivity index (χ3n) is 2.52. The standard InChI is InChI=1S/C14H12N2O2S/c1-4-18-14(17)13-16-12(9(2)19-13)10-5-7-11(15-3)8-6-10/h5-8H,4H2,1-2H3. The van der Waals surface area contributed by atoms with Gasteiger partial charge in [-0.25, -0.2) is 14.6 Å². The van der Waals surface area contributed by atoms with Gasteiger partial charge >= 0.3 is 5.97 Å². The first-order valence-electron chi connectivity index (χ1n) is 5.78. The number of aromatic nitrogens is 1. The van der Waals surface area contributed by atoms with Crippen LogP contribution in [-0.2, 0) is 4.74 Å². The molecule has 19 heavy (non-hydrogen) atoms. The summed E-state index contributed by atoms with van der Waals surface area (Å²) in [5.74, 6) is -0.389. The van der Waals surface area contributed by atoms with Crippen LogP contribution >= 0.6 is 11.3 Å². The molecule has 4 nitrogen and oxygen atoms in total. The Hall–Kier alpha value is -2.19. The van der Waals surface area contributed by atoms with Gasteiger partial charge in [-0.05, 0) is 19.4 Å². The van der Waals surface area contributed by atoms with Crippen molar-refractivity contribution in [2.24, 2.45) is 0 Å². The number of thiazole rings is 1. The van der Waals surface area contributed by atoms with Crippen molar-refractivity contribution in [2.45, 2.75) is 13.8 Å². The molecule has 0 N–H and O–H groups in total.